The highest BCUT2D eigenvalue weighted by molar-refractivity contribution is 6.35. The number of hydrogen-bond acceptors (Lipinski definition) is 3. The maximum absolute atomic E-state index is 11.0. The molecule has 2 rings (SSSR count). The van der Waals surface area contributed by atoms with E-state index in [4.69, 9.17) is 33.0 Å². The molecule has 110 valence electrons. The second-order valence-electron chi connectivity index (χ2n) is 5.10. The lowest BCUT2D eigenvalue weighted by atomic mass is 9.99. The summed E-state index contributed by atoms with van der Waals surface area (Å²) in [6.07, 6.45) is 0. The molecule has 1 aromatic rings. The van der Waals surface area contributed by atoms with E-state index in [9.17, 15) is 4.79 Å². The highest BCUT2D eigenvalue weighted by atomic mass is 35.5. The van der Waals surface area contributed by atoms with E-state index in [1.54, 1.807) is 18.2 Å². The lowest BCUT2D eigenvalue weighted by Gasteiger charge is -2.16. The first-order chi connectivity index (χ1) is 9.47. The van der Waals surface area contributed by atoms with Crippen LogP contribution in [0.3, 0.4) is 0 Å². The molecule has 1 aliphatic heterocycles. The number of aliphatic carboxylic acids is 1. The number of benzene rings is 1. The van der Waals surface area contributed by atoms with Crippen LogP contribution in [0, 0.1) is 11.8 Å². The summed E-state index contributed by atoms with van der Waals surface area (Å²) in [6.45, 7) is 4.49. The van der Waals surface area contributed by atoms with Gasteiger partial charge in [0.2, 0.25) is 0 Å². The van der Waals surface area contributed by atoms with E-state index in [-0.39, 0.29) is 11.8 Å². The van der Waals surface area contributed by atoms with Gasteiger partial charge in [0.1, 0.15) is 12.4 Å². The van der Waals surface area contributed by atoms with Crippen LogP contribution in [-0.4, -0.2) is 42.2 Å². The van der Waals surface area contributed by atoms with Crippen molar-refractivity contribution < 1.29 is 14.6 Å². The number of likely N-dealkylation sites (tertiary alicyclic amines) is 1. The molecule has 1 N–H and O–H groups in total. The van der Waals surface area contributed by atoms with E-state index in [1.165, 1.54) is 0 Å². The number of carboxylic acid groups (broad SMARTS) is 1. The molecule has 1 fully saturated rings. The molecule has 1 saturated heterocycles. The van der Waals surface area contributed by atoms with Crippen molar-refractivity contribution in [1.82, 2.24) is 4.90 Å². The van der Waals surface area contributed by atoms with Gasteiger partial charge in [0.05, 0.1) is 10.9 Å². The third-order valence-corrected chi connectivity index (χ3v) is 4.09. The minimum Gasteiger partial charge on any atom is -0.491 e. The third kappa shape index (κ3) is 3.78. The van der Waals surface area contributed by atoms with E-state index >= 15 is 0 Å². The second kappa shape index (κ2) is 6.66. The molecule has 2 atom stereocenters. The highest BCUT2D eigenvalue weighted by Gasteiger charge is 2.34. The van der Waals surface area contributed by atoms with Crippen molar-refractivity contribution in [2.75, 3.05) is 26.2 Å². The van der Waals surface area contributed by atoms with Crippen LogP contribution in [0.5, 0.6) is 5.75 Å². The second-order valence-corrected chi connectivity index (χ2v) is 5.95. The SMILES string of the molecule is CC1CN(CCOc2ccc(Cl)cc2Cl)CC1C(=O)O. The Morgan fingerprint density at radius 1 is 1.45 bits per heavy atom. The van der Waals surface area contributed by atoms with Gasteiger partial charge in [-0.3, -0.25) is 9.69 Å². The van der Waals surface area contributed by atoms with Gasteiger partial charge in [-0.1, -0.05) is 30.1 Å². The zero-order valence-electron chi connectivity index (χ0n) is 11.2. The van der Waals surface area contributed by atoms with Gasteiger partial charge < -0.3 is 9.84 Å². The molecule has 1 aromatic carbocycles. The molecule has 0 aromatic heterocycles. The van der Waals surface area contributed by atoms with E-state index in [0.29, 0.717) is 35.5 Å². The Kier molecular flexibility index (Phi) is 5.13. The first kappa shape index (κ1) is 15.4. The van der Waals surface area contributed by atoms with E-state index in [2.05, 4.69) is 4.90 Å². The minimum absolute atomic E-state index is 0.173. The summed E-state index contributed by atoms with van der Waals surface area (Å²) >= 11 is 11.8. The van der Waals surface area contributed by atoms with Gasteiger partial charge in [-0.15, -0.1) is 0 Å². The van der Waals surface area contributed by atoms with Crippen molar-refractivity contribution in [3.05, 3.63) is 28.2 Å². The van der Waals surface area contributed by atoms with Crippen molar-refractivity contribution >= 4 is 29.2 Å². The van der Waals surface area contributed by atoms with Crippen LogP contribution in [0.1, 0.15) is 6.92 Å². The maximum Gasteiger partial charge on any atom is 0.308 e. The number of rotatable bonds is 5. The normalized spacial score (nSPS) is 22.9. The molecule has 0 radical (unpaired) electrons. The third-order valence-electron chi connectivity index (χ3n) is 3.56. The molecule has 6 heteroatoms. The van der Waals surface area contributed by atoms with Gasteiger partial charge >= 0.3 is 5.97 Å². The molecule has 0 saturated carbocycles. The Balaban J connectivity index is 1.81. The topological polar surface area (TPSA) is 49.8 Å². The van der Waals surface area contributed by atoms with E-state index in [1.807, 2.05) is 6.92 Å². The number of carbonyl (C=O) groups is 1. The molecular formula is C14H17Cl2NO3. The van der Waals surface area contributed by atoms with Crippen molar-refractivity contribution in [1.29, 1.82) is 0 Å². The number of ether oxygens (including phenoxy) is 1. The molecule has 4 nitrogen and oxygen atoms in total. The Labute approximate surface area is 128 Å². The van der Waals surface area contributed by atoms with E-state index in [0.717, 1.165) is 6.54 Å². The first-order valence-corrected chi connectivity index (χ1v) is 7.26. The molecule has 1 heterocycles. The van der Waals surface area contributed by atoms with Gasteiger partial charge in [0.15, 0.2) is 0 Å². The molecule has 2 unspecified atom stereocenters. The monoisotopic (exact) mass is 317 g/mol. The number of hydrogen-bond donors (Lipinski definition) is 1. The predicted molar refractivity (Wildman–Crippen MR) is 78.7 cm³/mol. The molecular weight excluding hydrogens is 301 g/mol. The summed E-state index contributed by atoms with van der Waals surface area (Å²) in [7, 11) is 0. The Morgan fingerprint density at radius 2 is 2.20 bits per heavy atom. The van der Waals surface area contributed by atoms with Gasteiger partial charge in [-0.2, -0.15) is 0 Å². The Morgan fingerprint density at radius 3 is 2.80 bits per heavy atom. The fraction of sp³-hybridized carbons (Fsp3) is 0.500. The maximum atomic E-state index is 11.0. The summed E-state index contributed by atoms with van der Waals surface area (Å²) in [5, 5.41) is 10.1. The number of nitrogens with zero attached hydrogens (tertiary/aromatic N) is 1. The number of halogens is 2. The zero-order valence-corrected chi connectivity index (χ0v) is 12.7. The van der Waals surface area contributed by atoms with Gasteiger partial charge in [0.25, 0.3) is 0 Å². The summed E-state index contributed by atoms with van der Waals surface area (Å²) in [5.74, 6) is -0.236. The van der Waals surface area contributed by atoms with Gasteiger partial charge in [-0.25, -0.2) is 0 Å². The van der Waals surface area contributed by atoms with Crippen molar-refractivity contribution in [3.63, 3.8) is 0 Å². The smallest absolute Gasteiger partial charge is 0.308 e. The quantitative estimate of drug-likeness (QED) is 0.907. The first-order valence-electron chi connectivity index (χ1n) is 6.50. The highest BCUT2D eigenvalue weighted by Crippen LogP contribution is 2.28. The van der Waals surface area contributed by atoms with Crippen LogP contribution in [-0.2, 0) is 4.79 Å². The lowest BCUT2D eigenvalue weighted by molar-refractivity contribution is -0.142. The molecule has 1 aliphatic rings. The molecule has 0 spiro atoms. The molecule has 0 amide bonds. The zero-order chi connectivity index (χ0) is 14.7. The van der Waals surface area contributed by atoms with Crippen LogP contribution in [0.25, 0.3) is 0 Å². The molecule has 20 heavy (non-hydrogen) atoms. The molecule has 0 bridgehead atoms. The Hall–Kier alpha value is -0.970. The van der Waals surface area contributed by atoms with Crippen LogP contribution in [0.15, 0.2) is 18.2 Å². The summed E-state index contributed by atoms with van der Waals surface area (Å²) in [4.78, 5) is 13.1. The Bertz CT molecular complexity index is 495. The van der Waals surface area contributed by atoms with E-state index < -0.39 is 5.97 Å². The van der Waals surface area contributed by atoms with Crippen LogP contribution >= 0.6 is 23.2 Å². The van der Waals surface area contributed by atoms with Crippen LogP contribution < -0.4 is 4.74 Å². The minimum atomic E-state index is -0.721. The average molecular weight is 318 g/mol. The number of carboxylic acids is 1. The van der Waals surface area contributed by atoms with Crippen molar-refractivity contribution in [2.45, 2.75) is 6.92 Å². The van der Waals surface area contributed by atoms with Gasteiger partial charge in [0, 0.05) is 24.7 Å². The van der Waals surface area contributed by atoms with Crippen LogP contribution in [0.2, 0.25) is 10.0 Å². The van der Waals surface area contributed by atoms with Crippen molar-refractivity contribution in [3.8, 4) is 5.75 Å². The van der Waals surface area contributed by atoms with Crippen LogP contribution in [0.4, 0.5) is 0 Å². The summed E-state index contributed by atoms with van der Waals surface area (Å²) < 4.78 is 5.60. The standard InChI is InChI=1S/C14H17Cl2NO3/c1-9-7-17(8-11(9)14(18)19)4-5-20-13-3-2-10(15)6-12(13)16/h2-3,6,9,11H,4-5,7-8H2,1H3,(H,18,19). The molecule has 0 aliphatic carbocycles. The summed E-state index contributed by atoms with van der Waals surface area (Å²) in [6, 6.07) is 5.09. The fourth-order valence-corrected chi connectivity index (χ4v) is 2.91. The van der Waals surface area contributed by atoms with Gasteiger partial charge in [-0.05, 0) is 24.1 Å². The van der Waals surface area contributed by atoms with Crippen molar-refractivity contribution in [2.24, 2.45) is 11.8 Å². The lowest BCUT2D eigenvalue weighted by Crippen LogP contribution is -2.27. The fourth-order valence-electron chi connectivity index (χ4n) is 2.45. The largest absolute Gasteiger partial charge is 0.491 e. The average Bonchev–Trinajstić information content (AvgIpc) is 2.73. The summed E-state index contributed by atoms with van der Waals surface area (Å²) in [5.41, 5.74) is 0. The predicted octanol–water partition coefficient (Wildman–Crippen LogP) is 3.02.